The molecule has 4 heteroatoms. The normalized spacial score (nSPS) is 10.5. The van der Waals surface area contributed by atoms with Gasteiger partial charge in [-0.15, -0.1) is 0 Å². The third-order valence-electron chi connectivity index (χ3n) is 3.19. The van der Waals surface area contributed by atoms with Gasteiger partial charge in [-0.05, 0) is 48.9 Å². The zero-order chi connectivity index (χ0) is 15.9. The fraction of sp³-hybridized carbons (Fsp3) is 0.167. The second kappa shape index (κ2) is 7.31. The number of methoxy groups -OCH3 is 2. The number of anilines is 1. The lowest BCUT2D eigenvalue weighted by Gasteiger charge is -2.11. The van der Waals surface area contributed by atoms with Crippen LogP contribution in [0.5, 0.6) is 11.5 Å². The number of amides is 1. The summed E-state index contributed by atoms with van der Waals surface area (Å²) in [5.41, 5.74) is 2.21. The summed E-state index contributed by atoms with van der Waals surface area (Å²) in [5.74, 6) is 1.14. The number of benzene rings is 2. The first-order valence-electron chi connectivity index (χ1n) is 6.94. The van der Waals surface area contributed by atoms with E-state index in [1.165, 1.54) is 0 Å². The number of carbonyl (C=O) groups is 1. The van der Waals surface area contributed by atoms with Gasteiger partial charge in [0.2, 0.25) is 0 Å². The van der Waals surface area contributed by atoms with Crippen molar-refractivity contribution in [1.29, 1.82) is 0 Å². The fourth-order valence-electron chi connectivity index (χ4n) is 2.04. The molecule has 0 unspecified atom stereocenters. The van der Waals surface area contributed by atoms with Crippen molar-refractivity contribution in [3.8, 4) is 11.5 Å². The second-order valence-corrected chi connectivity index (χ2v) is 4.64. The lowest BCUT2D eigenvalue weighted by molar-refractivity contribution is 0.102. The summed E-state index contributed by atoms with van der Waals surface area (Å²) in [4.78, 5) is 12.3. The highest BCUT2D eigenvalue weighted by atomic mass is 16.5. The summed E-state index contributed by atoms with van der Waals surface area (Å²) in [6, 6.07) is 12.6. The molecule has 4 nitrogen and oxygen atoms in total. The zero-order valence-corrected chi connectivity index (χ0v) is 12.9. The van der Waals surface area contributed by atoms with E-state index in [-0.39, 0.29) is 5.91 Å². The van der Waals surface area contributed by atoms with Gasteiger partial charge < -0.3 is 14.8 Å². The zero-order valence-electron chi connectivity index (χ0n) is 12.9. The van der Waals surface area contributed by atoms with Crippen molar-refractivity contribution in [1.82, 2.24) is 0 Å². The van der Waals surface area contributed by atoms with Crippen molar-refractivity contribution in [3.63, 3.8) is 0 Å². The summed E-state index contributed by atoms with van der Waals surface area (Å²) in [6.07, 6.45) is 3.92. The fourth-order valence-corrected chi connectivity index (χ4v) is 2.04. The number of rotatable bonds is 5. The van der Waals surface area contributed by atoms with Crippen LogP contribution in [0.4, 0.5) is 5.69 Å². The molecule has 0 aromatic heterocycles. The minimum Gasteiger partial charge on any atom is -0.497 e. The predicted octanol–water partition coefficient (Wildman–Crippen LogP) is 3.99. The monoisotopic (exact) mass is 297 g/mol. The Morgan fingerprint density at radius 3 is 2.36 bits per heavy atom. The van der Waals surface area contributed by atoms with Gasteiger partial charge in [0.1, 0.15) is 11.5 Å². The van der Waals surface area contributed by atoms with E-state index in [0.29, 0.717) is 22.7 Å². The van der Waals surface area contributed by atoms with Crippen molar-refractivity contribution in [2.45, 2.75) is 6.92 Å². The molecule has 0 saturated carbocycles. The third kappa shape index (κ3) is 3.67. The first-order chi connectivity index (χ1) is 10.7. The Hall–Kier alpha value is -2.75. The van der Waals surface area contributed by atoms with Gasteiger partial charge in [-0.3, -0.25) is 4.79 Å². The van der Waals surface area contributed by atoms with Gasteiger partial charge in [0.15, 0.2) is 0 Å². The molecule has 1 N–H and O–H groups in total. The lowest BCUT2D eigenvalue weighted by atomic mass is 10.1. The summed E-state index contributed by atoms with van der Waals surface area (Å²) in [5, 5.41) is 2.86. The molecule has 0 aliphatic rings. The molecular formula is C18H19NO3. The van der Waals surface area contributed by atoms with Gasteiger partial charge in [0.25, 0.3) is 5.91 Å². The van der Waals surface area contributed by atoms with E-state index in [4.69, 9.17) is 9.47 Å². The Balaban J connectivity index is 2.19. The van der Waals surface area contributed by atoms with Crippen LogP contribution in [0, 0.1) is 0 Å². The molecule has 1 amide bonds. The average molecular weight is 297 g/mol. The molecule has 22 heavy (non-hydrogen) atoms. The predicted molar refractivity (Wildman–Crippen MR) is 88.6 cm³/mol. The molecule has 0 saturated heterocycles. The number of allylic oxidation sites excluding steroid dienone is 1. The van der Waals surface area contributed by atoms with Crippen LogP contribution in [-0.4, -0.2) is 20.1 Å². The van der Waals surface area contributed by atoms with Crippen LogP contribution < -0.4 is 14.8 Å². The maximum absolute atomic E-state index is 12.3. The number of ether oxygens (including phenoxy) is 2. The molecule has 0 bridgehead atoms. The van der Waals surface area contributed by atoms with E-state index in [0.717, 1.165) is 5.56 Å². The van der Waals surface area contributed by atoms with Crippen LogP contribution in [0.1, 0.15) is 22.8 Å². The largest absolute Gasteiger partial charge is 0.497 e. The lowest BCUT2D eigenvalue weighted by Crippen LogP contribution is -2.12. The Morgan fingerprint density at radius 2 is 1.77 bits per heavy atom. The highest BCUT2D eigenvalue weighted by Gasteiger charge is 2.10. The summed E-state index contributed by atoms with van der Waals surface area (Å²) in [6.45, 7) is 1.95. The summed E-state index contributed by atoms with van der Waals surface area (Å²) >= 11 is 0. The van der Waals surface area contributed by atoms with Crippen LogP contribution in [0.25, 0.3) is 6.08 Å². The van der Waals surface area contributed by atoms with E-state index >= 15 is 0 Å². The molecule has 2 aromatic rings. The molecule has 0 heterocycles. The van der Waals surface area contributed by atoms with Crippen molar-refractivity contribution >= 4 is 17.7 Å². The molecule has 0 atom stereocenters. The van der Waals surface area contributed by atoms with Gasteiger partial charge in [-0.1, -0.05) is 18.2 Å². The number of hydrogen-bond acceptors (Lipinski definition) is 3. The number of carbonyl (C=O) groups excluding carboxylic acids is 1. The molecule has 0 aliphatic carbocycles. The molecule has 114 valence electrons. The van der Waals surface area contributed by atoms with E-state index in [2.05, 4.69) is 5.32 Å². The van der Waals surface area contributed by atoms with Crippen LogP contribution in [0.15, 0.2) is 48.5 Å². The Morgan fingerprint density at radius 1 is 1.05 bits per heavy atom. The topological polar surface area (TPSA) is 47.6 Å². The Kier molecular flexibility index (Phi) is 5.20. The van der Waals surface area contributed by atoms with Gasteiger partial charge in [-0.25, -0.2) is 0 Å². The minimum absolute atomic E-state index is 0.195. The second-order valence-electron chi connectivity index (χ2n) is 4.64. The number of nitrogens with one attached hydrogen (secondary N) is 1. The standard InChI is InChI=1S/C18H19NO3/c1-4-5-13-6-11-16(17(12-13)22-3)19-18(20)14-7-9-15(21-2)10-8-14/h4-12H,1-3H3,(H,19,20). The van der Waals surface area contributed by atoms with Gasteiger partial charge >= 0.3 is 0 Å². The molecule has 2 aromatic carbocycles. The highest BCUT2D eigenvalue weighted by Crippen LogP contribution is 2.27. The van der Waals surface area contributed by atoms with E-state index in [1.807, 2.05) is 37.3 Å². The van der Waals surface area contributed by atoms with Crippen LogP contribution in [0.3, 0.4) is 0 Å². The SMILES string of the molecule is CC=Cc1ccc(NC(=O)c2ccc(OC)cc2)c(OC)c1. The van der Waals surface area contributed by atoms with E-state index in [9.17, 15) is 4.79 Å². The summed E-state index contributed by atoms with van der Waals surface area (Å²) < 4.78 is 10.4. The van der Waals surface area contributed by atoms with Crippen LogP contribution in [-0.2, 0) is 0 Å². The average Bonchev–Trinajstić information content (AvgIpc) is 2.56. The third-order valence-corrected chi connectivity index (χ3v) is 3.19. The van der Waals surface area contributed by atoms with Gasteiger partial charge in [0, 0.05) is 5.56 Å². The smallest absolute Gasteiger partial charge is 0.255 e. The molecule has 0 aliphatic heterocycles. The van der Waals surface area contributed by atoms with Crippen LogP contribution >= 0.6 is 0 Å². The summed E-state index contributed by atoms with van der Waals surface area (Å²) in [7, 11) is 3.17. The Bertz CT molecular complexity index is 675. The van der Waals surface area contributed by atoms with Crippen molar-refractivity contribution in [3.05, 3.63) is 59.7 Å². The van der Waals surface area contributed by atoms with Crippen molar-refractivity contribution in [2.75, 3.05) is 19.5 Å². The minimum atomic E-state index is -0.195. The highest BCUT2D eigenvalue weighted by molar-refractivity contribution is 6.05. The van der Waals surface area contributed by atoms with E-state index in [1.54, 1.807) is 38.5 Å². The Labute approximate surface area is 130 Å². The van der Waals surface area contributed by atoms with Crippen LogP contribution in [0.2, 0.25) is 0 Å². The van der Waals surface area contributed by atoms with E-state index < -0.39 is 0 Å². The number of hydrogen-bond donors (Lipinski definition) is 1. The first-order valence-corrected chi connectivity index (χ1v) is 6.94. The molecular weight excluding hydrogens is 278 g/mol. The van der Waals surface area contributed by atoms with Gasteiger partial charge in [0.05, 0.1) is 19.9 Å². The maximum atomic E-state index is 12.3. The maximum Gasteiger partial charge on any atom is 0.255 e. The first kappa shape index (κ1) is 15.6. The van der Waals surface area contributed by atoms with Gasteiger partial charge in [-0.2, -0.15) is 0 Å². The molecule has 0 radical (unpaired) electrons. The molecule has 0 fully saturated rings. The molecule has 2 rings (SSSR count). The van der Waals surface area contributed by atoms with Crippen molar-refractivity contribution in [2.24, 2.45) is 0 Å². The molecule has 0 spiro atoms. The van der Waals surface area contributed by atoms with Crippen molar-refractivity contribution < 1.29 is 14.3 Å². The quantitative estimate of drug-likeness (QED) is 0.907.